The van der Waals surface area contributed by atoms with Crippen molar-refractivity contribution in [1.29, 1.82) is 5.26 Å². The predicted octanol–water partition coefficient (Wildman–Crippen LogP) is 0.386. The Labute approximate surface area is 89.5 Å². The van der Waals surface area contributed by atoms with Crippen LogP contribution in [-0.4, -0.2) is 24.3 Å². The van der Waals surface area contributed by atoms with E-state index in [0.717, 1.165) is 0 Å². The first-order valence-electron chi connectivity index (χ1n) is 4.25. The Hall–Kier alpha value is -2.69. The first-order valence-corrected chi connectivity index (χ1v) is 4.25. The van der Waals surface area contributed by atoms with Crippen LogP contribution in [0, 0.1) is 21.4 Å². The molecular formula is C8H6N6O2. The van der Waals surface area contributed by atoms with Crippen LogP contribution in [-0.2, 0) is 7.05 Å². The van der Waals surface area contributed by atoms with Gasteiger partial charge in [-0.1, -0.05) is 0 Å². The van der Waals surface area contributed by atoms with Crippen molar-refractivity contribution in [2.45, 2.75) is 0 Å². The number of nitrogens with zero attached hydrogens (tertiary/aromatic N) is 6. The highest BCUT2D eigenvalue weighted by molar-refractivity contribution is 5.47. The van der Waals surface area contributed by atoms with Gasteiger partial charge in [0.25, 0.3) is 0 Å². The molecule has 0 fully saturated rings. The summed E-state index contributed by atoms with van der Waals surface area (Å²) in [5, 5.41) is 23.5. The standard InChI is InChI=1S/C8H6N6O2/c1-12-5-6(14(15)16)8(11-12)13-3-2-10-7(13)4-9/h2-3,5H,1H3. The number of aromatic nitrogens is 4. The zero-order valence-corrected chi connectivity index (χ0v) is 8.23. The molecule has 80 valence electrons. The van der Waals surface area contributed by atoms with Crippen LogP contribution in [0.25, 0.3) is 5.82 Å². The normalized spacial score (nSPS) is 10.0. The molecule has 0 unspecified atom stereocenters. The van der Waals surface area contributed by atoms with Gasteiger partial charge in [0.15, 0.2) is 0 Å². The summed E-state index contributed by atoms with van der Waals surface area (Å²) in [6.07, 6.45) is 4.11. The van der Waals surface area contributed by atoms with E-state index in [-0.39, 0.29) is 17.3 Å². The molecule has 0 saturated heterocycles. The molecule has 8 heteroatoms. The Balaban J connectivity index is 2.65. The molecule has 0 radical (unpaired) electrons. The van der Waals surface area contributed by atoms with Gasteiger partial charge in [-0.3, -0.25) is 19.4 Å². The van der Waals surface area contributed by atoms with E-state index in [9.17, 15) is 10.1 Å². The highest BCUT2D eigenvalue weighted by atomic mass is 16.6. The van der Waals surface area contributed by atoms with Crippen molar-refractivity contribution < 1.29 is 4.92 Å². The zero-order valence-electron chi connectivity index (χ0n) is 8.23. The van der Waals surface area contributed by atoms with E-state index in [4.69, 9.17) is 5.26 Å². The van der Waals surface area contributed by atoms with E-state index in [1.807, 2.05) is 6.07 Å². The number of aryl methyl sites for hydroxylation is 1. The van der Waals surface area contributed by atoms with Crippen LogP contribution in [0.5, 0.6) is 0 Å². The summed E-state index contributed by atoms with van der Waals surface area (Å²) in [5.41, 5.74) is -0.169. The Morgan fingerprint density at radius 1 is 1.62 bits per heavy atom. The molecule has 0 aliphatic rings. The van der Waals surface area contributed by atoms with Gasteiger partial charge in [-0.15, -0.1) is 5.10 Å². The maximum absolute atomic E-state index is 10.8. The van der Waals surface area contributed by atoms with Crippen molar-refractivity contribution >= 4 is 5.69 Å². The van der Waals surface area contributed by atoms with E-state index in [2.05, 4.69) is 10.1 Å². The average Bonchev–Trinajstić information content (AvgIpc) is 2.82. The van der Waals surface area contributed by atoms with E-state index < -0.39 is 4.92 Å². The average molecular weight is 218 g/mol. The molecule has 0 aliphatic carbocycles. The third kappa shape index (κ3) is 1.40. The Morgan fingerprint density at radius 2 is 2.38 bits per heavy atom. The van der Waals surface area contributed by atoms with Crippen LogP contribution in [0.4, 0.5) is 5.69 Å². The fourth-order valence-electron chi connectivity index (χ4n) is 1.32. The molecule has 0 atom stereocenters. The van der Waals surface area contributed by atoms with E-state index in [1.54, 1.807) is 7.05 Å². The molecule has 2 aromatic rings. The van der Waals surface area contributed by atoms with Gasteiger partial charge in [0, 0.05) is 19.4 Å². The van der Waals surface area contributed by atoms with Crippen LogP contribution in [0.2, 0.25) is 0 Å². The number of rotatable bonds is 2. The Kier molecular flexibility index (Phi) is 2.13. The van der Waals surface area contributed by atoms with Crippen molar-refractivity contribution in [3.63, 3.8) is 0 Å². The molecule has 16 heavy (non-hydrogen) atoms. The summed E-state index contributed by atoms with van der Waals surface area (Å²) < 4.78 is 2.59. The lowest BCUT2D eigenvalue weighted by Crippen LogP contribution is -2.01. The second-order valence-corrected chi connectivity index (χ2v) is 3.00. The summed E-state index contributed by atoms with van der Waals surface area (Å²) in [6.45, 7) is 0. The maximum Gasteiger partial charge on any atom is 0.331 e. The van der Waals surface area contributed by atoms with E-state index >= 15 is 0 Å². The quantitative estimate of drug-likeness (QED) is 0.535. The van der Waals surface area contributed by atoms with Gasteiger partial charge < -0.3 is 0 Å². The number of hydrogen-bond acceptors (Lipinski definition) is 5. The van der Waals surface area contributed by atoms with Crippen LogP contribution in [0.3, 0.4) is 0 Å². The molecule has 0 N–H and O–H groups in total. The van der Waals surface area contributed by atoms with Crippen molar-refractivity contribution in [2.75, 3.05) is 0 Å². The lowest BCUT2D eigenvalue weighted by molar-refractivity contribution is -0.384. The van der Waals surface area contributed by atoms with Gasteiger partial charge in [0.1, 0.15) is 12.3 Å². The lowest BCUT2D eigenvalue weighted by atomic mass is 10.5. The predicted molar refractivity (Wildman–Crippen MR) is 51.7 cm³/mol. The fourth-order valence-corrected chi connectivity index (χ4v) is 1.32. The van der Waals surface area contributed by atoms with Gasteiger partial charge >= 0.3 is 5.69 Å². The van der Waals surface area contributed by atoms with Crippen molar-refractivity contribution in [3.05, 3.63) is 34.5 Å². The molecule has 0 amide bonds. The number of imidazole rings is 1. The van der Waals surface area contributed by atoms with Crippen molar-refractivity contribution in [3.8, 4) is 11.9 Å². The van der Waals surface area contributed by atoms with Crippen molar-refractivity contribution in [2.24, 2.45) is 7.05 Å². The van der Waals surface area contributed by atoms with Crippen LogP contribution >= 0.6 is 0 Å². The highest BCUT2D eigenvalue weighted by Crippen LogP contribution is 2.21. The van der Waals surface area contributed by atoms with Crippen LogP contribution < -0.4 is 0 Å². The molecule has 0 spiro atoms. The molecule has 8 nitrogen and oxygen atoms in total. The van der Waals surface area contributed by atoms with E-state index in [1.165, 1.54) is 27.8 Å². The van der Waals surface area contributed by atoms with Gasteiger partial charge in [-0.05, 0) is 0 Å². The first-order chi connectivity index (χ1) is 7.63. The molecule has 0 saturated carbocycles. The SMILES string of the molecule is Cn1cc([N+](=O)[O-])c(-n2ccnc2C#N)n1. The van der Waals surface area contributed by atoms with Gasteiger partial charge in [0.2, 0.25) is 11.6 Å². The second-order valence-electron chi connectivity index (χ2n) is 3.00. The fraction of sp³-hybridized carbons (Fsp3) is 0.125. The summed E-state index contributed by atoms with van der Waals surface area (Å²) in [5.74, 6) is 0.142. The van der Waals surface area contributed by atoms with Gasteiger partial charge in [-0.25, -0.2) is 4.98 Å². The maximum atomic E-state index is 10.8. The van der Waals surface area contributed by atoms with Crippen LogP contribution in [0.15, 0.2) is 18.6 Å². The second kappa shape index (κ2) is 3.47. The minimum Gasteiger partial charge on any atom is -0.268 e. The summed E-state index contributed by atoms with van der Waals surface area (Å²) in [7, 11) is 1.57. The number of nitriles is 1. The molecule has 0 aromatic carbocycles. The van der Waals surface area contributed by atoms with Gasteiger partial charge in [-0.2, -0.15) is 5.26 Å². The van der Waals surface area contributed by atoms with Crippen molar-refractivity contribution in [1.82, 2.24) is 19.3 Å². The minimum absolute atomic E-state index is 0.0572. The third-order valence-corrected chi connectivity index (χ3v) is 1.96. The lowest BCUT2D eigenvalue weighted by Gasteiger charge is -1.96. The highest BCUT2D eigenvalue weighted by Gasteiger charge is 2.21. The number of nitro groups is 1. The summed E-state index contributed by atoms with van der Waals surface area (Å²) in [6, 6.07) is 1.83. The van der Waals surface area contributed by atoms with E-state index in [0.29, 0.717) is 0 Å². The molecule has 2 heterocycles. The molecule has 2 rings (SSSR count). The van der Waals surface area contributed by atoms with Crippen LogP contribution in [0.1, 0.15) is 5.82 Å². The first kappa shape index (κ1) is 9.85. The number of hydrogen-bond donors (Lipinski definition) is 0. The van der Waals surface area contributed by atoms with Gasteiger partial charge in [0.05, 0.1) is 4.92 Å². The molecule has 0 aliphatic heterocycles. The molecular weight excluding hydrogens is 212 g/mol. The molecule has 2 aromatic heterocycles. The largest absolute Gasteiger partial charge is 0.331 e. The zero-order chi connectivity index (χ0) is 11.7. The molecule has 0 bridgehead atoms. The smallest absolute Gasteiger partial charge is 0.268 e. The third-order valence-electron chi connectivity index (χ3n) is 1.96. The summed E-state index contributed by atoms with van der Waals surface area (Å²) >= 11 is 0. The monoisotopic (exact) mass is 218 g/mol. The Bertz CT molecular complexity index is 590. The Morgan fingerprint density at radius 3 is 3.00 bits per heavy atom. The summed E-state index contributed by atoms with van der Waals surface area (Å²) in [4.78, 5) is 14.0. The topological polar surface area (TPSA) is 103 Å². The minimum atomic E-state index is -0.552.